The molecule has 356 valence electrons. The van der Waals surface area contributed by atoms with Crippen LogP contribution in [0.2, 0.25) is 0 Å². The Morgan fingerprint density at radius 3 is 0.817 bits per heavy atom. The van der Waals surface area contributed by atoms with Crippen molar-refractivity contribution in [1.29, 1.82) is 0 Å². The van der Waals surface area contributed by atoms with E-state index in [0.717, 1.165) is 69.6 Å². The van der Waals surface area contributed by atoms with E-state index in [1.807, 2.05) is 0 Å². The summed E-state index contributed by atoms with van der Waals surface area (Å²) in [7, 11) is 0. The zero-order valence-electron chi connectivity index (χ0n) is 41.1. The number of rotatable bonds is 48. The molecule has 0 radical (unpaired) electrons. The largest absolute Gasteiger partial charge is 0.462 e. The standard InChI is InChI=1S/C54H104O6/c1-6-7-8-9-10-22-29-34-39-44-52(55)58-47-51(60-54(57)46-41-36-31-26-21-17-13-15-19-24-28-33-38-43-50(4)5)48-59-53(56)45-40-35-30-25-20-16-12-11-14-18-23-27-32-37-42-49(2)3/h49-51H,6-48H2,1-5H3/t51-/m1/s1. The normalized spacial score (nSPS) is 12.1. The highest BCUT2D eigenvalue weighted by molar-refractivity contribution is 5.71. The average Bonchev–Trinajstić information content (AvgIpc) is 3.22. The van der Waals surface area contributed by atoms with Crippen LogP contribution in [-0.4, -0.2) is 37.2 Å². The smallest absolute Gasteiger partial charge is 0.306 e. The fraction of sp³-hybridized carbons (Fsp3) is 0.944. The van der Waals surface area contributed by atoms with E-state index in [2.05, 4.69) is 34.6 Å². The molecule has 6 nitrogen and oxygen atoms in total. The molecule has 0 N–H and O–H groups in total. The molecule has 0 aromatic heterocycles. The van der Waals surface area contributed by atoms with Crippen molar-refractivity contribution in [3.05, 3.63) is 0 Å². The lowest BCUT2D eigenvalue weighted by molar-refractivity contribution is -0.167. The first-order valence-corrected chi connectivity index (χ1v) is 26.7. The van der Waals surface area contributed by atoms with Crippen LogP contribution < -0.4 is 0 Å². The Morgan fingerprint density at radius 2 is 0.550 bits per heavy atom. The predicted octanol–water partition coefficient (Wildman–Crippen LogP) is 17.3. The minimum atomic E-state index is -0.761. The lowest BCUT2D eigenvalue weighted by atomic mass is 10.0. The van der Waals surface area contributed by atoms with Gasteiger partial charge in [0.05, 0.1) is 0 Å². The Morgan fingerprint density at radius 1 is 0.317 bits per heavy atom. The van der Waals surface area contributed by atoms with E-state index in [9.17, 15) is 14.4 Å². The van der Waals surface area contributed by atoms with Gasteiger partial charge in [-0.3, -0.25) is 14.4 Å². The predicted molar refractivity (Wildman–Crippen MR) is 256 cm³/mol. The SMILES string of the molecule is CCCCCCCCCCCC(=O)OC[C@H](COC(=O)CCCCCCCCCCCCCCCCC(C)C)OC(=O)CCCCCCCCCCCCCCCC(C)C. The highest BCUT2D eigenvalue weighted by Gasteiger charge is 2.19. The number of ether oxygens (including phenoxy) is 3. The zero-order chi connectivity index (χ0) is 44.0. The molecule has 0 fully saturated rings. The highest BCUT2D eigenvalue weighted by Crippen LogP contribution is 2.18. The van der Waals surface area contributed by atoms with Crippen LogP contribution in [0.15, 0.2) is 0 Å². The molecule has 0 saturated heterocycles. The first-order valence-electron chi connectivity index (χ1n) is 26.7. The van der Waals surface area contributed by atoms with Crippen LogP contribution in [-0.2, 0) is 28.6 Å². The molecule has 0 amide bonds. The molecule has 0 bridgehead atoms. The van der Waals surface area contributed by atoms with Crippen molar-refractivity contribution in [3.63, 3.8) is 0 Å². The summed E-state index contributed by atoms with van der Waals surface area (Å²) in [5, 5.41) is 0. The molecule has 0 aromatic carbocycles. The number of carbonyl (C=O) groups excluding carboxylic acids is 3. The van der Waals surface area contributed by atoms with Crippen molar-refractivity contribution in [2.45, 2.75) is 304 Å². The van der Waals surface area contributed by atoms with Gasteiger partial charge in [0.2, 0.25) is 0 Å². The first-order chi connectivity index (χ1) is 29.2. The molecule has 0 aliphatic heterocycles. The maximum atomic E-state index is 12.8. The molecule has 60 heavy (non-hydrogen) atoms. The summed E-state index contributed by atoms with van der Waals surface area (Å²) in [4.78, 5) is 37.9. The molecule has 0 unspecified atom stereocenters. The fourth-order valence-electron chi connectivity index (χ4n) is 8.17. The molecule has 6 heteroatoms. The highest BCUT2D eigenvalue weighted by atomic mass is 16.6. The number of unbranched alkanes of at least 4 members (excludes halogenated alkanes) is 33. The van der Waals surface area contributed by atoms with Gasteiger partial charge < -0.3 is 14.2 Å². The number of hydrogen-bond donors (Lipinski definition) is 0. The van der Waals surface area contributed by atoms with Gasteiger partial charge in [0.15, 0.2) is 6.10 Å². The average molecular weight is 849 g/mol. The third-order valence-electron chi connectivity index (χ3n) is 12.2. The third kappa shape index (κ3) is 47.5. The Balaban J connectivity index is 4.25. The van der Waals surface area contributed by atoms with Gasteiger partial charge in [-0.1, -0.05) is 259 Å². The lowest BCUT2D eigenvalue weighted by Gasteiger charge is -2.18. The molecular formula is C54H104O6. The van der Waals surface area contributed by atoms with E-state index >= 15 is 0 Å². The van der Waals surface area contributed by atoms with Gasteiger partial charge in [-0.15, -0.1) is 0 Å². The molecule has 0 aliphatic rings. The number of esters is 3. The fourth-order valence-corrected chi connectivity index (χ4v) is 8.17. The van der Waals surface area contributed by atoms with Gasteiger partial charge in [-0.2, -0.15) is 0 Å². The topological polar surface area (TPSA) is 78.9 Å². The van der Waals surface area contributed by atoms with Crippen molar-refractivity contribution in [2.75, 3.05) is 13.2 Å². The summed E-state index contributed by atoms with van der Waals surface area (Å²) in [5.74, 6) is 0.836. The Labute approximate surface area is 374 Å². The van der Waals surface area contributed by atoms with Crippen molar-refractivity contribution in [2.24, 2.45) is 11.8 Å². The molecule has 0 saturated carbocycles. The summed E-state index contributed by atoms with van der Waals surface area (Å²) >= 11 is 0. The minimum absolute atomic E-state index is 0.0633. The molecular weight excluding hydrogens is 745 g/mol. The van der Waals surface area contributed by atoms with E-state index in [1.54, 1.807) is 0 Å². The third-order valence-corrected chi connectivity index (χ3v) is 12.2. The molecule has 0 heterocycles. The van der Waals surface area contributed by atoms with Crippen LogP contribution >= 0.6 is 0 Å². The Kier molecular flexibility index (Phi) is 45.7. The van der Waals surface area contributed by atoms with Crippen LogP contribution in [0.3, 0.4) is 0 Å². The van der Waals surface area contributed by atoms with Crippen LogP contribution in [0.5, 0.6) is 0 Å². The molecule has 0 spiro atoms. The van der Waals surface area contributed by atoms with Crippen LogP contribution in [0.1, 0.15) is 298 Å². The molecule has 0 rings (SSSR count). The second kappa shape index (κ2) is 46.9. The van der Waals surface area contributed by atoms with Gasteiger partial charge in [0.1, 0.15) is 13.2 Å². The quantitative estimate of drug-likeness (QED) is 0.0345. The van der Waals surface area contributed by atoms with Gasteiger partial charge in [-0.25, -0.2) is 0 Å². The van der Waals surface area contributed by atoms with Crippen LogP contribution in [0, 0.1) is 11.8 Å². The minimum Gasteiger partial charge on any atom is -0.462 e. The van der Waals surface area contributed by atoms with Gasteiger partial charge in [0.25, 0.3) is 0 Å². The van der Waals surface area contributed by atoms with Gasteiger partial charge in [0, 0.05) is 19.3 Å². The molecule has 1 atom stereocenters. The van der Waals surface area contributed by atoms with Gasteiger partial charge >= 0.3 is 17.9 Å². The van der Waals surface area contributed by atoms with E-state index in [1.165, 1.54) is 186 Å². The second-order valence-corrected chi connectivity index (χ2v) is 19.5. The Hall–Kier alpha value is -1.59. The van der Waals surface area contributed by atoms with Gasteiger partial charge in [-0.05, 0) is 31.1 Å². The Bertz CT molecular complexity index is 916. The maximum absolute atomic E-state index is 12.8. The summed E-state index contributed by atoms with van der Waals surface area (Å²) in [6.45, 7) is 11.4. The monoisotopic (exact) mass is 849 g/mol. The summed E-state index contributed by atoms with van der Waals surface area (Å²) in [5.41, 5.74) is 0. The van der Waals surface area contributed by atoms with Crippen LogP contribution in [0.4, 0.5) is 0 Å². The number of hydrogen-bond acceptors (Lipinski definition) is 6. The second-order valence-electron chi connectivity index (χ2n) is 19.5. The molecule has 0 aliphatic carbocycles. The van der Waals surface area contributed by atoms with Crippen molar-refractivity contribution >= 4 is 17.9 Å². The maximum Gasteiger partial charge on any atom is 0.306 e. The molecule has 0 aromatic rings. The van der Waals surface area contributed by atoms with E-state index in [4.69, 9.17) is 14.2 Å². The summed E-state index contributed by atoms with van der Waals surface area (Å²) in [6, 6.07) is 0. The van der Waals surface area contributed by atoms with E-state index in [-0.39, 0.29) is 31.1 Å². The van der Waals surface area contributed by atoms with Crippen molar-refractivity contribution in [3.8, 4) is 0 Å². The summed E-state index contributed by atoms with van der Waals surface area (Å²) < 4.78 is 16.8. The van der Waals surface area contributed by atoms with E-state index in [0.29, 0.717) is 19.3 Å². The van der Waals surface area contributed by atoms with Crippen LogP contribution in [0.25, 0.3) is 0 Å². The summed E-state index contributed by atoms with van der Waals surface area (Å²) in [6.07, 6.45) is 48.1. The lowest BCUT2D eigenvalue weighted by Crippen LogP contribution is -2.30. The van der Waals surface area contributed by atoms with E-state index < -0.39 is 6.10 Å². The van der Waals surface area contributed by atoms with Crippen molar-refractivity contribution in [1.82, 2.24) is 0 Å². The number of carbonyl (C=O) groups is 3. The zero-order valence-corrected chi connectivity index (χ0v) is 41.1. The first kappa shape index (κ1) is 58.4. The van der Waals surface area contributed by atoms with Crippen molar-refractivity contribution < 1.29 is 28.6 Å².